The van der Waals surface area contributed by atoms with Gasteiger partial charge in [0.2, 0.25) is 0 Å². The van der Waals surface area contributed by atoms with Gasteiger partial charge in [-0.15, -0.1) is 0 Å². The maximum absolute atomic E-state index is 13.2. The van der Waals surface area contributed by atoms with E-state index in [4.69, 9.17) is 4.74 Å². The first-order valence-corrected chi connectivity index (χ1v) is 9.38. The van der Waals surface area contributed by atoms with Crippen molar-refractivity contribution in [3.05, 3.63) is 47.2 Å². The van der Waals surface area contributed by atoms with Crippen LogP contribution in [-0.4, -0.2) is 47.3 Å². The zero-order chi connectivity index (χ0) is 18.1. The number of piperidine rings is 1. The number of rotatable bonds is 2. The molecule has 0 amide bonds. The van der Waals surface area contributed by atoms with Crippen LogP contribution in [0.15, 0.2) is 35.9 Å². The number of para-hydroxylation sites is 1. The Balaban J connectivity index is 1.93. The van der Waals surface area contributed by atoms with Gasteiger partial charge in [-0.05, 0) is 31.4 Å². The van der Waals surface area contributed by atoms with E-state index in [2.05, 4.69) is 33.7 Å². The molecule has 0 radical (unpaired) electrons. The van der Waals surface area contributed by atoms with Crippen LogP contribution in [0.4, 0.5) is 0 Å². The van der Waals surface area contributed by atoms with E-state index in [9.17, 15) is 9.90 Å². The lowest BCUT2D eigenvalue weighted by Gasteiger charge is -2.54. The molecule has 0 unspecified atom stereocenters. The fourth-order valence-electron chi connectivity index (χ4n) is 5.73. The number of carbonyl (C=O) groups is 1. The lowest BCUT2D eigenvalue weighted by Crippen LogP contribution is -2.61. The molecule has 1 fully saturated rings. The molecule has 3 aliphatic rings. The number of fused-ring (bicyclic) bond motifs is 4. The number of carbonyl (C=O) groups excluding carboxylic acids is 1. The molecular weight excluding hydrogens is 328 g/mol. The maximum atomic E-state index is 13.2. The number of ether oxygens (including phenoxy) is 1. The minimum atomic E-state index is -1.08. The molecule has 0 spiro atoms. The Morgan fingerprint density at radius 1 is 1.42 bits per heavy atom. The highest BCUT2D eigenvalue weighted by Crippen LogP contribution is 2.55. The summed E-state index contributed by atoms with van der Waals surface area (Å²) < 4.78 is 7.40. The van der Waals surface area contributed by atoms with Gasteiger partial charge >= 0.3 is 5.97 Å². The predicted molar refractivity (Wildman–Crippen MR) is 98.9 cm³/mol. The molecule has 136 valence electrons. The van der Waals surface area contributed by atoms with Gasteiger partial charge in [-0.2, -0.15) is 0 Å². The van der Waals surface area contributed by atoms with Gasteiger partial charge in [0.15, 0.2) is 5.54 Å². The molecule has 1 aromatic heterocycles. The van der Waals surface area contributed by atoms with Crippen LogP contribution >= 0.6 is 0 Å². The number of hydrogen-bond acceptors (Lipinski definition) is 4. The summed E-state index contributed by atoms with van der Waals surface area (Å²) in [6, 6.07) is 8.59. The summed E-state index contributed by atoms with van der Waals surface area (Å²) in [6.45, 7) is 3.69. The summed E-state index contributed by atoms with van der Waals surface area (Å²) in [5, 5.41) is 11.8. The van der Waals surface area contributed by atoms with Gasteiger partial charge < -0.3 is 14.4 Å². The molecule has 5 rings (SSSR count). The summed E-state index contributed by atoms with van der Waals surface area (Å²) in [4.78, 5) is 15.7. The summed E-state index contributed by atoms with van der Waals surface area (Å²) >= 11 is 0. The fraction of sp³-hybridized carbons (Fsp3) is 0.476. The third-order valence-electron chi connectivity index (χ3n) is 6.84. The molecule has 2 aromatic rings. The second-order valence-corrected chi connectivity index (χ2v) is 7.68. The van der Waals surface area contributed by atoms with E-state index in [1.807, 2.05) is 13.0 Å². The topological polar surface area (TPSA) is 54.7 Å². The lowest BCUT2D eigenvalue weighted by atomic mass is 9.68. The zero-order valence-corrected chi connectivity index (χ0v) is 15.2. The Hall–Kier alpha value is -2.11. The number of benzene rings is 1. The highest BCUT2D eigenvalue weighted by Gasteiger charge is 2.59. The quantitative estimate of drug-likeness (QED) is 0.666. The SMILES string of the molecule is C/C=C1/CN2CCc3c4n(c5ccccc35)[C@](CO)(C(=O)OC)[C@H]1C[C@@H]42. The molecule has 5 heteroatoms. The number of aliphatic hydroxyl groups is 1. The second kappa shape index (κ2) is 5.44. The van der Waals surface area contributed by atoms with Crippen LogP contribution in [0.2, 0.25) is 0 Å². The molecule has 1 aromatic carbocycles. The van der Waals surface area contributed by atoms with E-state index in [1.165, 1.54) is 29.3 Å². The van der Waals surface area contributed by atoms with Crippen molar-refractivity contribution in [3.63, 3.8) is 0 Å². The first-order chi connectivity index (χ1) is 12.7. The minimum absolute atomic E-state index is 0.0412. The van der Waals surface area contributed by atoms with E-state index in [0.717, 1.165) is 31.4 Å². The molecule has 4 heterocycles. The van der Waals surface area contributed by atoms with Crippen LogP contribution in [0.3, 0.4) is 0 Å². The summed E-state index contributed by atoms with van der Waals surface area (Å²) in [7, 11) is 1.43. The summed E-state index contributed by atoms with van der Waals surface area (Å²) in [5.41, 5.74) is 3.73. The van der Waals surface area contributed by atoms with E-state index in [0.29, 0.717) is 6.04 Å². The molecular formula is C21H24N2O3. The van der Waals surface area contributed by atoms with Gasteiger partial charge in [0.05, 0.1) is 19.8 Å². The van der Waals surface area contributed by atoms with Crippen molar-refractivity contribution in [2.45, 2.75) is 31.3 Å². The first-order valence-electron chi connectivity index (χ1n) is 9.38. The van der Waals surface area contributed by atoms with Crippen molar-refractivity contribution >= 4 is 16.9 Å². The zero-order valence-electron chi connectivity index (χ0n) is 15.2. The minimum Gasteiger partial charge on any atom is -0.467 e. The molecule has 0 aliphatic carbocycles. The van der Waals surface area contributed by atoms with Crippen molar-refractivity contribution in [3.8, 4) is 0 Å². The average Bonchev–Trinajstić information content (AvgIpc) is 3.03. The van der Waals surface area contributed by atoms with Gasteiger partial charge in [-0.1, -0.05) is 29.8 Å². The van der Waals surface area contributed by atoms with Gasteiger partial charge in [0, 0.05) is 35.6 Å². The Kier molecular flexibility index (Phi) is 3.37. The molecule has 3 atom stereocenters. The van der Waals surface area contributed by atoms with Gasteiger partial charge in [-0.25, -0.2) is 4.79 Å². The Bertz CT molecular complexity index is 944. The predicted octanol–water partition coefficient (Wildman–Crippen LogP) is 2.38. The highest BCUT2D eigenvalue weighted by molar-refractivity contribution is 5.91. The van der Waals surface area contributed by atoms with Crippen LogP contribution in [0.5, 0.6) is 0 Å². The van der Waals surface area contributed by atoms with Gasteiger partial charge in [0.1, 0.15) is 0 Å². The van der Waals surface area contributed by atoms with Crippen molar-refractivity contribution < 1.29 is 14.6 Å². The van der Waals surface area contributed by atoms with E-state index < -0.39 is 5.54 Å². The van der Waals surface area contributed by atoms with Gasteiger partial charge in [-0.3, -0.25) is 4.90 Å². The number of hydrogen-bond donors (Lipinski definition) is 1. The largest absolute Gasteiger partial charge is 0.467 e. The normalized spacial score (nSPS) is 31.4. The summed E-state index contributed by atoms with van der Waals surface area (Å²) in [6.07, 6.45) is 3.96. The smallest absolute Gasteiger partial charge is 0.335 e. The van der Waals surface area contributed by atoms with Crippen molar-refractivity contribution in [2.75, 3.05) is 26.8 Å². The number of nitrogens with zero attached hydrogens (tertiary/aromatic N) is 2. The van der Waals surface area contributed by atoms with Crippen LogP contribution < -0.4 is 0 Å². The van der Waals surface area contributed by atoms with E-state index >= 15 is 0 Å². The van der Waals surface area contributed by atoms with E-state index in [-0.39, 0.29) is 18.5 Å². The highest BCUT2D eigenvalue weighted by atomic mass is 16.5. The number of methoxy groups -OCH3 is 1. The first kappa shape index (κ1) is 16.1. The van der Waals surface area contributed by atoms with Crippen molar-refractivity contribution in [1.29, 1.82) is 0 Å². The van der Waals surface area contributed by atoms with Crippen LogP contribution in [0.1, 0.15) is 30.6 Å². The van der Waals surface area contributed by atoms with Crippen LogP contribution in [0.25, 0.3) is 10.9 Å². The third kappa shape index (κ3) is 1.70. The number of esters is 1. The molecule has 5 nitrogen and oxygen atoms in total. The molecule has 1 N–H and O–H groups in total. The number of aliphatic hydroxyl groups excluding tert-OH is 1. The molecule has 1 saturated heterocycles. The maximum Gasteiger partial charge on any atom is 0.335 e. The molecule has 26 heavy (non-hydrogen) atoms. The van der Waals surface area contributed by atoms with Crippen LogP contribution in [0, 0.1) is 5.92 Å². The average molecular weight is 352 g/mol. The Morgan fingerprint density at radius 3 is 2.96 bits per heavy atom. The Labute approximate surface area is 152 Å². The standard InChI is InChI=1S/C21H24N2O3/c1-3-13-11-22-9-8-15-14-6-4-5-7-17(14)23-19(15)18(22)10-16(13)21(23,12-24)20(25)26-2/h3-7,16,18,24H,8-12H2,1-2H3/b13-3-/t16-,18-,21-/m0/s1. The molecule has 0 saturated carbocycles. The second-order valence-electron chi connectivity index (χ2n) is 7.68. The fourth-order valence-corrected chi connectivity index (χ4v) is 5.73. The van der Waals surface area contributed by atoms with E-state index in [1.54, 1.807) is 0 Å². The Morgan fingerprint density at radius 2 is 2.23 bits per heavy atom. The molecule has 2 bridgehead atoms. The number of allylic oxidation sites excluding steroid dienone is 1. The van der Waals surface area contributed by atoms with Gasteiger partial charge in [0.25, 0.3) is 0 Å². The lowest BCUT2D eigenvalue weighted by molar-refractivity contribution is -0.160. The molecule has 3 aliphatic heterocycles. The third-order valence-corrected chi connectivity index (χ3v) is 6.84. The van der Waals surface area contributed by atoms with Crippen LogP contribution in [-0.2, 0) is 21.5 Å². The van der Waals surface area contributed by atoms with Crippen molar-refractivity contribution in [1.82, 2.24) is 9.47 Å². The summed E-state index contributed by atoms with van der Waals surface area (Å²) in [5.74, 6) is -0.383. The monoisotopic (exact) mass is 352 g/mol. The van der Waals surface area contributed by atoms with Crippen molar-refractivity contribution in [2.24, 2.45) is 5.92 Å². The number of aromatic nitrogens is 1.